The van der Waals surface area contributed by atoms with E-state index < -0.39 is 11.9 Å². The van der Waals surface area contributed by atoms with Gasteiger partial charge in [-0.05, 0) is 55.0 Å². The molecule has 3 rings (SSSR count). The van der Waals surface area contributed by atoms with Crippen LogP contribution in [-0.4, -0.2) is 58.2 Å². The SMILES string of the molecule is C=CCN(C)C/C=C/COc1ccc(-c2nsc3cc(Br)ccc23)cc1.O=C(O)/C=C/C(=O)O. The van der Waals surface area contributed by atoms with Crippen LogP contribution in [0.3, 0.4) is 0 Å². The van der Waals surface area contributed by atoms with Gasteiger partial charge in [0.25, 0.3) is 0 Å². The maximum Gasteiger partial charge on any atom is 0.328 e. The summed E-state index contributed by atoms with van der Waals surface area (Å²) < 4.78 is 12.6. The molecule has 0 bridgehead atoms. The van der Waals surface area contributed by atoms with Gasteiger partial charge in [-0.25, -0.2) is 9.59 Å². The van der Waals surface area contributed by atoms with Crippen LogP contribution in [-0.2, 0) is 9.59 Å². The predicted octanol–water partition coefficient (Wildman–Crippen LogP) is 5.49. The number of likely N-dealkylation sites (N-methyl/N-ethyl adjacent to an activating group) is 1. The van der Waals surface area contributed by atoms with E-state index in [9.17, 15) is 9.59 Å². The van der Waals surface area contributed by atoms with E-state index in [1.807, 2.05) is 24.3 Å². The number of aliphatic carboxylic acids is 2. The molecule has 0 aliphatic heterocycles. The Morgan fingerprint density at radius 1 is 1.09 bits per heavy atom. The van der Waals surface area contributed by atoms with Crippen LogP contribution < -0.4 is 4.74 Å². The number of ether oxygens (including phenoxy) is 1. The summed E-state index contributed by atoms with van der Waals surface area (Å²) in [6.07, 6.45) is 7.16. The van der Waals surface area contributed by atoms with Crippen LogP contribution >= 0.6 is 27.5 Å². The van der Waals surface area contributed by atoms with Crippen molar-refractivity contribution in [2.45, 2.75) is 0 Å². The summed E-state index contributed by atoms with van der Waals surface area (Å²) in [6.45, 7) is 6.07. The number of nitrogens with zero attached hydrogens (tertiary/aromatic N) is 2. The minimum absolute atomic E-state index is 0.558. The third kappa shape index (κ3) is 9.30. The number of hydrogen-bond donors (Lipinski definition) is 2. The fourth-order valence-electron chi connectivity index (χ4n) is 2.73. The van der Waals surface area contributed by atoms with Gasteiger partial charge >= 0.3 is 11.9 Å². The second-order valence-corrected chi connectivity index (χ2v) is 8.72. The third-order valence-corrected chi connectivity index (χ3v) is 5.60. The summed E-state index contributed by atoms with van der Waals surface area (Å²) in [7, 11) is 2.06. The number of carbonyl (C=O) groups is 2. The van der Waals surface area contributed by atoms with E-state index in [-0.39, 0.29) is 0 Å². The zero-order chi connectivity index (χ0) is 24.9. The van der Waals surface area contributed by atoms with Crippen molar-refractivity contribution in [1.29, 1.82) is 0 Å². The summed E-state index contributed by atoms with van der Waals surface area (Å²) in [5.74, 6) is -1.65. The van der Waals surface area contributed by atoms with Crippen LogP contribution in [0.5, 0.6) is 5.75 Å². The van der Waals surface area contributed by atoms with Gasteiger partial charge in [-0.2, -0.15) is 4.37 Å². The van der Waals surface area contributed by atoms with Gasteiger partial charge in [-0.15, -0.1) is 6.58 Å². The first kappa shape index (κ1) is 27.0. The van der Waals surface area contributed by atoms with Crippen LogP contribution in [0, 0.1) is 0 Å². The van der Waals surface area contributed by atoms with E-state index >= 15 is 0 Å². The molecule has 2 N–H and O–H groups in total. The number of fused-ring (bicyclic) bond motifs is 1. The van der Waals surface area contributed by atoms with Crippen molar-refractivity contribution in [1.82, 2.24) is 9.27 Å². The molecular weight excluding hydrogens is 520 g/mol. The molecule has 0 spiro atoms. The number of halogens is 1. The average Bonchev–Trinajstić information content (AvgIpc) is 3.21. The lowest BCUT2D eigenvalue weighted by Gasteiger charge is -2.10. The molecule has 0 amide bonds. The van der Waals surface area contributed by atoms with Crippen molar-refractivity contribution < 1.29 is 24.5 Å². The van der Waals surface area contributed by atoms with Gasteiger partial charge in [0.15, 0.2) is 0 Å². The minimum Gasteiger partial charge on any atom is -0.490 e. The van der Waals surface area contributed by atoms with Gasteiger partial charge in [0.2, 0.25) is 0 Å². The Hall–Kier alpha value is -3.27. The monoisotopic (exact) mass is 544 g/mol. The third-order valence-electron chi connectivity index (χ3n) is 4.30. The number of aromatic nitrogens is 1. The molecule has 2 aromatic carbocycles. The highest BCUT2D eigenvalue weighted by molar-refractivity contribution is 9.10. The second-order valence-electron chi connectivity index (χ2n) is 7.00. The Morgan fingerprint density at radius 3 is 2.38 bits per heavy atom. The lowest BCUT2D eigenvalue weighted by Crippen LogP contribution is -2.17. The number of carboxylic acids is 2. The highest BCUT2D eigenvalue weighted by atomic mass is 79.9. The van der Waals surface area contributed by atoms with Crippen LogP contribution in [0.25, 0.3) is 21.3 Å². The Labute approximate surface area is 210 Å². The first-order chi connectivity index (χ1) is 16.3. The highest BCUT2D eigenvalue weighted by Gasteiger charge is 2.09. The van der Waals surface area contributed by atoms with Gasteiger partial charge in [-0.3, -0.25) is 4.90 Å². The molecule has 34 heavy (non-hydrogen) atoms. The fourth-order valence-corrected chi connectivity index (χ4v) is 4.08. The first-order valence-corrected chi connectivity index (χ1v) is 11.7. The molecule has 1 heterocycles. The standard InChI is InChI=1S/C21H21BrN2OS.C4H4O4/c1-3-12-24(2)13-4-5-14-25-18-9-6-16(7-10-18)21-19-11-8-17(22)15-20(19)26-23-21;5-3(6)1-2-4(7)8/h3-11,15H,1,12-14H2,2H3;1-2H,(H,5,6)(H,7,8)/b5-4+;2-1+. The van der Waals surface area contributed by atoms with E-state index in [4.69, 9.17) is 14.9 Å². The molecule has 0 aliphatic rings. The predicted molar refractivity (Wildman–Crippen MR) is 139 cm³/mol. The topological polar surface area (TPSA) is 100.0 Å². The molecule has 0 aliphatic carbocycles. The van der Waals surface area contributed by atoms with Crippen molar-refractivity contribution >= 4 is 49.5 Å². The lowest BCUT2D eigenvalue weighted by molar-refractivity contribution is -0.134. The van der Waals surface area contributed by atoms with E-state index in [0.717, 1.165) is 34.6 Å². The molecule has 0 unspecified atom stereocenters. The highest BCUT2D eigenvalue weighted by Crippen LogP contribution is 2.33. The Morgan fingerprint density at radius 2 is 1.76 bits per heavy atom. The van der Waals surface area contributed by atoms with E-state index in [0.29, 0.717) is 18.8 Å². The Balaban J connectivity index is 0.000000440. The number of benzene rings is 2. The van der Waals surface area contributed by atoms with Crippen molar-refractivity contribution in [3.05, 3.63) is 83.9 Å². The molecule has 0 atom stereocenters. The lowest BCUT2D eigenvalue weighted by atomic mass is 10.1. The van der Waals surface area contributed by atoms with Gasteiger partial charge < -0.3 is 14.9 Å². The van der Waals surface area contributed by atoms with Crippen molar-refractivity contribution in [3.63, 3.8) is 0 Å². The second kappa shape index (κ2) is 14.1. The van der Waals surface area contributed by atoms with Gasteiger partial charge in [0.05, 0.1) is 10.4 Å². The quantitative estimate of drug-likeness (QED) is 0.257. The summed E-state index contributed by atoms with van der Waals surface area (Å²) in [6, 6.07) is 14.4. The van der Waals surface area contributed by atoms with Crippen molar-refractivity contribution in [3.8, 4) is 17.0 Å². The van der Waals surface area contributed by atoms with Gasteiger partial charge in [0, 0.05) is 40.7 Å². The molecule has 0 saturated heterocycles. The summed E-state index contributed by atoms with van der Waals surface area (Å²) in [4.78, 5) is 21.3. The summed E-state index contributed by atoms with van der Waals surface area (Å²) >= 11 is 5.03. The number of hydrogen-bond acceptors (Lipinski definition) is 6. The maximum atomic E-state index is 9.55. The zero-order valence-electron chi connectivity index (χ0n) is 18.6. The minimum atomic E-state index is -1.26. The van der Waals surface area contributed by atoms with Crippen LogP contribution in [0.1, 0.15) is 0 Å². The molecular formula is C25H25BrN2O5S. The summed E-state index contributed by atoms with van der Waals surface area (Å²) in [5, 5.41) is 16.8. The van der Waals surface area contributed by atoms with E-state index in [2.05, 4.69) is 75.2 Å². The molecule has 7 nitrogen and oxygen atoms in total. The molecule has 9 heteroatoms. The largest absolute Gasteiger partial charge is 0.490 e. The molecule has 178 valence electrons. The van der Waals surface area contributed by atoms with Crippen molar-refractivity contribution in [2.75, 3.05) is 26.7 Å². The average molecular weight is 545 g/mol. The summed E-state index contributed by atoms with van der Waals surface area (Å²) in [5.41, 5.74) is 2.13. The molecule has 1 aromatic heterocycles. The van der Waals surface area contributed by atoms with Crippen LogP contribution in [0.4, 0.5) is 0 Å². The van der Waals surface area contributed by atoms with Crippen LogP contribution in [0.15, 0.2) is 83.9 Å². The molecule has 3 aromatic rings. The molecule has 0 radical (unpaired) electrons. The normalized spacial score (nSPS) is 11.0. The van der Waals surface area contributed by atoms with Gasteiger partial charge in [-0.1, -0.05) is 40.2 Å². The fraction of sp³-hybridized carbons (Fsp3) is 0.160. The maximum absolute atomic E-state index is 9.55. The Bertz CT molecular complexity index is 1160. The van der Waals surface area contributed by atoms with E-state index in [1.54, 1.807) is 0 Å². The molecule has 0 fully saturated rings. The van der Waals surface area contributed by atoms with Crippen molar-refractivity contribution in [2.24, 2.45) is 0 Å². The number of carboxylic acid groups (broad SMARTS) is 2. The van der Waals surface area contributed by atoms with Gasteiger partial charge in [0.1, 0.15) is 12.4 Å². The zero-order valence-corrected chi connectivity index (χ0v) is 21.0. The Kier molecular flexibility index (Phi) is 11.2. The first-order valence-electron chi connectivity index (χ1n) is 10.2. The van der Waals surface area contributed by atoms with Crippen LogP contribution in [0.2, 0.25) is 0 Å². The number of rotatable bonds is 10. The molecule has 0 saturated carbocycles. The smallest absolute Gasteiger partial charge is 0.328 e. The van der Waals surface area contributed by atoms with E-state index in [1.165, 1.54) is 21.6 Å².